The van der Waals surface area contributed by atoms with E-state index in [4.69, 9.17) is 10.8 Å². The molecule has 0 radical (unpaired) electrons. The van der Waals surface area contributed by atoms with Crippen molar-refractivity contribution in [1.29, 1.82) is 0 Å². The van der Waals surface area contributed by atoms with Crippen LogP contribution in [0.3, 0.4) is 0 Å². The Balaban J connectivity index is 2.04. The van der Waals surface area contributed by atoms with Gasteiger partial charge in [0.1, 0.15) is 6.04 Å². The number of hydrogen-bond donors (Lipinski definition) is 2. The molecule has 1 unspecified atom stereocenters. The van der Waals surface area contributed by atoms with Crippen LogP contribution in [-0.4, -0.2) is 32.3 Å². The molecule has 0 amide bonds. The summed E-state index contributed by atoms with van der Waals surface area (Å²) >= 11 is 2.73. The van der Waals surface area contributed by atoms with Crippen molar-refractivity contribution < 1.29 is 9.90 Å². The van der Waals surface area contributed by atoms with E-state index in [1.807, 2.05) is 0 Å². The summed E-state index contributed by atoms with van der Waals surface area (Å²) < 4.78 is 1.47. The van der Waals surface area contributed by atoms with Gasteiger partial charge >= 0.3 is 5.97 Å². The molecule has 3 N–H and O–H groups in total. The molecule has 0 bridgehead atoms. The first-order valence-electron chi connectivity index (χ1n) is 5.10. The summed E-state index contributed by atoms with van der Waals surface area (Å²) in [6, 6.07) is 0.570. The number of aliphatic carboxylic acids is 1. The number of hydrogen-bond acceptors (Lipinski definition) is 6. The third kappa shape index (κ3) is 2.89. The van der Waals surface area contributed by atoms with Crippen LogP contribution in [0, 0.1) is 0 Å². The fraction of sp³-hybridized carbons (Fsp3) is 0.300. The van der Waals surface area contributed by atoms with E-state index in [1.54, 1.807) is 11.6 Å². The Bertz CT molecular complexity index is 622. The maximum Gasteiger partial charge on any atom is 0.321 e. The molecule has 2 aromatic heterocycles. The van der Waals surface area contributed by atoms with Gasteiger partial charge in [0, 0.05) is 29.1 Å². The fourth-order valence-corrected chi connectivity index (χ4v) is 2.93. The second-order valence-electron chi connectivity index (χ2n) is 3.60. The van der Waals surface area contributed by atoms with Crippen molar-refractivity contribution in [2.45, 2.75) is 11.8 Å². The van der Waals surface area contributed by atoms with Gasteiger partial charge in [-0.05, 0) is 0 Å². The van der Waals surface area contributed by atoms with Crippen LogP contribution < -0.4 is 11.3 Å². The van der Waals surface area contributed by atoms with Crippen LogP contribution in [0.15, 0.2) is 22.4 Å². The quantitative estimate of drug-likeness (QED) is 0.825. The molecule has 0 aliphatic rings. The number of thioether (sulfide) groups is 1. The molecule has 2 rings (SSSR count). The van der Waals surface area contributed by atoms with Gasteiger partial charge in [-0.25, -0.2) is 4.98 Å². The highest BCUT2D eigenvalue weighted by Gasteiger charge is 2.11. The van der Waals surface area contributed by atoms with E-state index >= 15 is 0 Å². The molecule has 8 heteroatoms. The number of aromatic nitrogens is 2. The molecular formula is C10H11N3O3S2. The molecule has 0 aromatic carbocycles. The molecule has 0 spiro atoms. The van der Waals surface area contributed by atoms with Gasteiger partial charge in [-0.1, -0.05) is 0 Å². The Labute approximate surface area is 110 Å². The minimum Gasteiger partial charge on any atom is -0.480 e. The van der Waals surface area contributed by atoms with Crippen molar-refractivity contribution in [3.8, 4) is 0 Å². The van der Waals surface area contributed by atoms with E-state index in [9.17, 15) is 9.59 Å². The zero-order chi connectivity index (χ0) is 13.1. The van der Waals surface area contributed by atoms with Gasteiger partial charge in [0.2, 0.25) is 0 Å². The molecule has 2 aromatic rings. The lowest BCUT2D eigenvalue weighted by atomic mass is 10.4. The SMILES string of the molecule is NC(CSCc1cc(=O)n2ccsc2n1)C(=O)O. The number of fused-ring (bicyclic) bond motifs is 1. The molecule has 0 fully saturated rings. The average molecular weight is 285 g/mol. The number of carboxylic acid groups (broad SMARTS) is 1. The largest absolute Gasteiger partial charge is 0.480 e. The highest BCUT2D eigenvalue weighted by molar-refractivity contribution is 7.98. The fourth-order valence-electron chi connectivity index (χ4n) is 1.32. The Kier molecular flexibility index (Phi) is 4.00. The zero-order valence-corrected chi connectivity index (χ0v) is 10.9. The van der Waals surface area contributed by atoms with Crippen LogP contribution in [0.25, 0.3) is 4.96 Å². The zero-order valence-electron chi connectivity index (χ0n) is 9.28. The van der Waals surface area contributed by atoms with Crippen LogP contribution in [0.2, 0.25) is 0 Å². The Morgan fingerprint density at radius 1 is 1.67 bits per heavy atom. The van der Waals surface area contributed by atoms with Crippen molar-refractivity contribution in [3.63, 3.8) is 0 Å². The molecule has 1 atom stereocenters. The predicted octanol–water partition coefficient (Wildman–Crippen LogP) is 0.401. The highest BCUT2D eigenvalue weighted by Crippen LogP contribution is 2.12. The van der Waals surface area contributed by atoms with Crippen molar-refractivity contribution in [3.05, 3.63) is 33.7 Å². The summed E-state index contributed by atoms with van der Waals surface area (Å²) in [6.07, 6.45) is 1.67. The average Bonchev–Trinajstić information content (AvgIpc) is 2.77. The smallest absolute Gasteiger partial charge is 0.321 e. The summed E-state index contributed by atoms with van der Waals surface area (Å²) in [4.78, 5) is 27.1. The highest BCUT2D eigenvalue weighted by atomic mass is 32.2. The molecule has 0 saturated carbocycles. The molecule has 2 heterocycles. The number of carboxylic acids is 1. The summed E-state index contributed by atoms with van der Waals surface area (Å²) in [5.74, 6) is -0.255. The van der Waals surface area contributed by atoms with Gasteiger partial charge in [0.15, 0.2) is 4.96 Å². The third-order valence-corrected chi connectivity index (χ3v) is 4.07. The minimum atomic E-state index is -1.02. The monoisotopic (exact) mass is 285 g/mol. The first-order valence-corrected chi connectivity index (χ1v) is 7.13. The summed E-state index contributed by atoms with van der Waals surface area (Å²) in [7, 11) is 0. The van der Waals surface area contributed by atoms with Gasteiger partial charge < -0.3 is 10.8 Å². The van der Waals surface area contributed by atoms with E-state index in [2.05, 4.69) is 4.98 Å². The lowest BCUT2D eigenvalue weighted by molar-refractivity contribution is -0.137. The van der Waals surface area contributed by atoms with Gasteiger partial charge in [-0.3, -0.25) is 14.0 Å². The van der Waals surface area contributed by atoms with Crippen molar-refractivity contribution in [2.24, 2.45) is 5.73 Å². The van der Waals surface area contributed by atoms with Crippen LogP contribution in [-0.2, 0) is 10.5 Å². The van der Waals surface area contributed by atoms with Crippen molar-refractivity contribution in [2.75, 3.05) is 5.75 Å². The summed E-state index contributed by atoms with van der Waals surface area (Å²) in [5, 5.41) is 10.4. The van der Waals surface area contributed by atoms with Crippen molar-refractivity contribution in [1.82, 2.24) is 9.38 Å². The topological polar surface area (TPSA) is 97.7 Å². The molecule has 6 nitrogen and oxygen atoms in total. The maximum atomic E-state index is 11.7. The van der Waals surface area contributed by atoms with Crippen LogP contribution in [0.4, 0.5) is 0 Å². The van der Waals surface area contributed by atoms with E-state index in [-0.39, 0.29) is 5.56 Å². The predicted molar refractivity (Wildman–Crippen MR) is 71.1 cm³/mol. The second-order valence-corrected chi connectivity index (χ2v) is 5.50. The second kappa shape index (κ2) is 5.51. The normalized spacial score (nSPS) is 12.7. The maximum absolute atomic E-state index is 11.7. The van der Waals surface area contributed by atoms with Crippen LogP contribution in [0.5, 0.6) is 0 Å². The number of carbonyl (C=O) groups is 1. The molecule has 96 valence electrons. The molecule has 0 aliphatic heterocycles. The molecule has 18 heavy (non-hydrogen) atoms. The van der Waals surface area contributed by atoms with E-state index < -0.39 is 12.0 Å². The standard InChI is InChI=1S/C10H11N3O3S2/c11-7(9(15)16)5-17-4-6-3-8(14)13-1-2-18-10(13)12-6/h1-3,7H,4-5,11H2,(H,15,16). The van der Waals surface area contributed by atoms with E-state index in [1.165, 1.54) is 33.6 Å². The van der Waals surface area contributed by atoms with E-state index in [0.717, 1.165) is 0 Å². The number of nitrogens with zero attached hydrogens (tertiary/aromatic N) is 2. The van der Waals surface area contributed by atoms with Gasteiger partial charge in [-0.2, -0.15) is 11.8 Å². The summed E-state index contributed by atoms with van der Waals surface area (Å²) in [6.45, 7) is 0. The minimum absolute atomic E-state index is 0.126. The number of rotatable bonds is 5. The molecule has 0 saturated heterocycles. The summed E-state index contributed by atoms with van der Waals surface area (Å²) in [5.41, 5.74) is 5.90. The van der Waals surface area contributed by atoms with Crippen LogP contribution in [0.1, 0.15) is 5.69 Å². The molecular weight excluding hydrogens is 274 g/mol. The van der Waals surface area contributed by atoms with E-state index in [0.29, 0.717) is 22.2 Å². The third-order valence-electron chi connectivity index (χ3n) is 2.22. The Morgan fingerprint density at radius 3 is 3.17 bits per heavy atom. The lowest BCUT2D eigenvalue weighted by Crippen LogP contribution is -2.32. The Morgan fingerprint density at radius 2 is 2.44 bits per heavy atom. The Hall–Kier alpha value is -1.38. The van der Waals surface area contributed by atoms with Gasteiger partial charge in [-0.15, -0.1) is 11.3 Å². The molecule has 0 aliphatic carbocycles. The van der Waals surface area contributed by atoms with Crippen LogP contribution >= 0.6 is 23.1 Å². The lowest BCUT2D eigenvalue weighted by Gasteiger charge is -2.05. The van der Waals surface area contributed by atoms with Gasteiger partial charge in [0.25, 0.3) is 5.56 Å². The van der Waals surface area contributed by atoms with Gasteiger partial charge in [0.05, 0.1) is 5.69 Å². The first-order chi connectivity index (χ1) is 8.58. The van der Waals surface area contributed by atoms with Crippen molar-refractivity contribution >= 4 is 34.0 Å². The number of thiazole rings is 1. The first kappa shape index (κ1) is 13.1. The number of nitrogens with two attached hydrogens (primary N) is 1.